The SMILES string of the molecule is COc1ccc(Cl)cc1S(=O)(=O)Nc1c(Cl)cccc1Cl. The maximum Gasteiger partial charge on any atom is 0.265 e. The first-order chi connectivity index (χ1) is 9.85. The van der Waals surface area contributed by atoms with E-state index in [-0.39, 0.29) is 31.4 Å². The normalized spacial score (nSPS) is 11.2. The van der Waals surface area contributed by atoms with Gasteiger partial charge in [0.2, 0.25) is 0 Å². The van der Waals surface area contributed by atoms with Gasteiger partial charge in [-0.1, -0.05) is 40.9 Å². The van der Waals surface area contributed by atoms with Crippen molar-refractivity contribution in [3.63, 3.8) is 0 Å². The molecule has 21 heavy (non-hydrogen) atoms. The largest absolute Gasteiger partial charge is 0.495 e. The molecule has 0 aliphatic rings. The fourth-order valence-corrected chi connectivity index (χ4v) is 3.78. The predicted molar refractivity (Wildman–Crippen MR) is 85.3 cm³/mol. The van der Waals surface area contributed by atoms with E-state index in [4.69, 9.17) is 39.5 Å². The molecule has 0 amide bonds. The summed E-state index contributed by atoms with van der Waals surface area (Å²) in [6, 6.07) is 8.95. The van der Waals surface area contributed by atoms with Crippen LogP contribution in [0.2, 0.25) is 15.1 Å². The number of rotatable bonds is 4. The molecule has 0 aliphatic heterocycles. The molecule has 2 rings (SSSR count). The van der Waals surface area contributed by atoms with E-state index in [1.54, 1.807) is 6.07 Å². The summed E-state index contributed by atoms with van der Waals surface area (Å²) in [5.41, 5.74) is 0.0999. The molecule has 0 saturated carbocycles. The molecule has 112 valence electrons. The van der Waals surface area contributed by atoms with Crippen molar-refractivity contribution in [3.8, 4) is 5.75 Å². The molecule has 1 N–H and O–H groups in total. The van der Waals surface area contributed by atoms with Crippen LogP contribution >= 0.6 is 34.8 Å². The van der Waals surface area contributed by atoms with E-state index in [0.29, 0.717) is 0 Å². The second-order valence-corrected chi connectivity index (χ2v) is 6.90. The van der Waals surface area contributed by atoms with Crippen LogP contribution in [0.25, 0.3) is 0 Å². The van der Waals surface area contributed by atoms with E-state index in [1.165, 1.54) is 37.4 Å². The van der Waals surface area contributed by atoms with Gasteiger partial charge in [-0.2, -0.15) is 0 Å². The molecule has 2 aromatic carbocycles. The van der Waals surface area contributed by atoms with E-state index in [0.717, 1.165) is 0 Å². The summed E-state index contributed by atoms with van der Waals surface area (Å²) in [4.78, 5) is -0.103. The smallest absolute Gasteiger partial charge is 0.265 e. The number of hydrogen-bond donors (Lipinski definition) is 1. The van der Waals surface area contributed by atoms with E-state index in [1.807, 2.05) is 0 Å². The predicted octanol–water partition coefficient (Wildman–Crippen LogP) is 4.46. The Kier molecular flexibility index (Phi) is 4.88. The Morgan fingerprint density at radius 2 is 1.67 bits per heavy atom. The van der Waals surface area contributed by atoms with Crippen LogP contribution in [0.4, 0.5) is 5.69 Å². The zero-order chi connectivity index (χ0) is 15.6. The molecule has 0 fully saturated rings. The molecule has 0 atom stereocenters. The summed E-state index contributed by atoms with van der Waals surface area (Å²) >= 11 is 17.8. The number of nitrogens with one attached hydrogen (secondary N) is 1. The highest BCUT2D eigenvalue weighted by molar-refractivity contribution is 7.92. The molecule has 0 unspecified atom stereocenters. The summed E-state index contributed by atoms with van der Waals surface area (Å²) in [7, 11) is -2.59. The minimum absolute atomic E-state index is 0.0999. The Hall–Kier alpha value is -1.14. The Morgan fingerprint density at radius 1 is 1.05 bits per heavy atom. The summed E-state index contributed by atoms with van der Waals surface area (Å²) in [6.07, 6.45) is 0. The third kappa shape index (κ3) is 3.55. The van der Waals surface area contributed by atoms with Crippen molar-refractivity contribution in [3.05, 3.63) is 51.5 Å². The average Bonchev–Trinajstić information content (AvgIpc) is 2.43. The number of ether oxygens (including phenoxy) is 1. The van der Waals surface area contributed by atoms with Gasteiger partial charge < -0.3 is 4.74 Å². The summed E-state index contributed by atoms with van der Waals surface area (Å²) in [5, 5.41) is 0.639. The maximum atomic E-state index is 12.5. The molecular weight excluding hydrogens is 357 g/mol. The van der Waals surface area contributed by atoms with Crippen molar-refractivity contribution in [2.75, 3.05) is 11.8 Å². The van der Waals surface area contributed by atoms with Crippen LogP contribution in [0.1, 0.15) is 0 Å². The van der Waals surface area contributed by atoms with Crippen LogP contribution in [0, 0.1) is 0 Å². The number of para-hydroxylation sites is 1. The van der Waals surface area contributed by atoms with Crippen LogP contribution in [0.5, 0.6) is 5.75 Å². The van der Waals surface area contributed by atoms with E-state index < -0.39 is 10.0 Å². The van der Waals surface area contributed by atoms with Gasteiger partial charge in [0.05, 0.1) is 22.8 Å². The molecule has 0 heterocycles. The third-order valence-corrected chi connectivity index (χ3v) is 4.85. The van der Waals surface area contributed by atoms with Crippen LogP contribution in [0.15, 0.2) is 41.3 Å². The standard InChI is InChI=1S/C13H10Cl3NO3S/c1-20-11-6-5-8(14)7-12(11)21(18,19)17-13-9(15)3-2-4-10(13)16/h2-7,17H,1H3. The first-order valence-corrected chi connectivity index (χ1v) is 8.27. The van der Waals surface area contributed by atoms with Gasteiger partial charge in [-0.25, -0.2) is 8.42 Å². The number of methoxy groups -OCH3 is 1. The van der Waals surface area contributed by atoms with Crippen molar-refractivity contribution in [1.29, 1.82) is 0 Å². The lowest BCUT2D eigenvalue weighted by molar-refractivity contribution is 0.403. The molecule has 0 spiro atoms. The van der Waals surface area contributed by atoms with Crippen LogP contribution < -0.4 is 9.46 Å². The molecule has 0 saturated heterocycles. The van der Waals surface area contributed by atoms with Gasteiger partial charge in [0.15, 0.2) is 0 Å². The number of anilines is 1. The topological polar surface area (TPSA) is 55.4 Å². The first kappa shape index (κ1) is 16.2. The van der Waals surface area contributed by atoms with Crippen LogP contribution in [-0.2, 0) is 10.0 Å². The van der Waals surface area contributed by atoms with E-state index in [9.17, 15) is 8.42 Å². The van der Waals surface area contributed by atoms with Crippen LogP contribution in [0.3, 0.4) is 0 Å². The quantitative estimate of drug-likeness (QED) is 0.869. The molecule has 0 bridgehead atoms. The van der Waals surface area contributed by atoms with Gasteiger partial charge >= 0.3 is 0 Å². The molecule has 0 aromatic heterocycles. The number of benzene rings is 2. The Balaban J connectivity index is 2.51. The van der Waals surface area contributed by atoms with Gasteiger partial charge in [0.25, 0.3) is 10.0 Å². The lowest BCUT2D eigenvalue weighted by Crippen LogP contribution is -2.14. The zero-order valence-corrected chi connectivity index (χ0v) is 13.8. The van der Waals surface area contributed by atoms with Crippen molar-refractivity contribution >= 4 is 50.5 Å². The minimum Gasteiger partial charge on any atom is -0.495 e. The highest BCUT2D eigenvalue weighted by atomic mass is 35.5. The van der Waals surface area contributed by atoms with Gasteiger partial charge in [-0.05, 0) is 30.3 Å². The highest BCUT2D eigenvalue weighted by Crippen LogP contribution is 2.34. The molecular formula is C13H10Cl3NO3S. The van der Waals surface area contributed by atoms with Crippen molar-refractivity contribution in [2.24, 2.45) is 0 Å². The lowest BCUT2D eigenvalue weighted by atomic mass is 10.3. The number of halogens is 3. The van der Waals surface area contributed by atoms with Crippen molar-refractivity contribution in [1.82, 2.24) is 0 Å². The molecule has 8 heteroatoms. The fraction of sp³-hybridized carbons (Fsp3) is 0.0769. The Labute approximate surface area is 137 Å². The van der Waals surface area contributed by atoms with Gasteiger partial charge in [-0.15, -0.1) is 0 Å². The third-order valence-electron chi connectivity index (χ3n) is 2.61. The van der Waals surface area contributed by atoms with Crippen molar-refractivity contribution < 1.29 is 13.2 Å². The first-order valence-electron chi connectivity index (χ1n) is 5.65. The Morgan fingerprint density at radius 3 is 2.24 bits per heavy atom. The van der Waals surface area contributed by atoms with E-state index in [2.05, 4.69) is 4.72 Å². The van der Waals surface area contributed by atoms with Crippen LogP contribution in [-0.4, -0.2) is 15.5 Å². The van der Waals surface area contributed by atoms with Gasteiger partial charge in [0.1, 0.15) is 10.6 Å². The van der Waals surface area contributed by atoms with E-state index >= 15 is 0 Å². The second kappa shape index (κ2) is 6.32. The molecule has 0 aliphatic carbocycles. The van der Waals surface area contributed by atoms with Crippen molar-refractivity contribution in [2.45, 2.75) is 4.90 Å². The molecule has 0 radical (unpaired) electrons. The molecule has 4 nitrogen and oxygen atoms in total. The minimum atomic E-state index is -3.95. The van der Waals surface area contributed by atoms with Gasteiger partial charge in [-0.3, -0.25) is 4.72 Å². The fourth-order valence-electron chi connectivity index (χ4n) is 1.65. The maximum absolute atomic E-state index is 12.5. The second-order valence-electron chi connectivity index (χ2n) is 4.00. The zero-order valence-electron chi connectivity index (χ0n) is 10.7. The average molecular weight is 367 g/mol. The summed E-state index contributed by atoms with van der Waals surface area (Å²) in [5.74, 6) is 0.162. The number of sulfonamides is 1. The molecule has 2 aromatic rings. The highest BCUT2D eigenvalue weighted by Gasteiger charge is 2.22. The Bertz CT molecular complexity index is 758. The summed E-state index contributed by atoms with van der Waals surface area (Å²) in [6.45, 7) is 0. The monoisotopic (exact) mass is 365 g/mol. The summed E-state index contributed by atoms with van der Waals surface area (Å²) < 4.78 is 32.3. The van der Waals surface area contributed by atoms with Gasteiger partial charge in [0, 0.05) is 5.02 Å². The lowest BCUT2D eigenvalue weighted by Gasteiger charge is -2.13. The number of hydrogen-bond acceptors (Lipinski definition) is 3.